The normalized spacial score (nSPS) is 16.0. The number of methoxy groups -OCH3 is 1. The molecule has 5 nitrogen and oxygen atoms in total. The molecule has 1 saturated heterocycles. The molecule has 2 aromatic rings. The summed E-state index contributed by atoms with van der Waals surface area (Å²) in [7, 11) is 3.38. The highest BCUT2D eigenvalue weighted by Gasteiger charge is 2.26. The Bertz CT molecular complexity index is 690. The average Bonchev–Trinajstić information content (AvgIpc) is 3.01. The fourth-order valence-electron chi connectivity index (χ4n) is 2.94. The Morgan fingerprint density at radius 3 is 2.77 bits per heavy atom. The maximum Gasteiger partial charge on any atom is 0.222 e. The van der Waals surface area contributed by atoms with Gasteiger partial charge in [-0.15, -0.1) is 0 Å². The minimum Gasteiger partial charge on any atom is -0.494 e. The van der Waals surface area contributed by atoms with Crippen molar-refractivity contribution in [3.05, 3.63) is 17.7 Å². The molecule has 0 bridgehead atoms. The maximum atomic E-state index is 11.7. The molecule has 22 heavy (non-hydrogen) atoms. The lowest BCUT2D eigenvalue weighted by Crippen LogP contribution is -2.39. The van der Waals surface area contributed by atoms with Crippen molar-refractivity contribution in [2.75, 3.05) is 32.1 Å². The molecule has 1 aromatic heterocycles. The van der Waals surface area contributed by atoms with Gasteiger partial charge in [0, 0.05) is 26.1 Å². The lowest BCUT2D eigenvalue weighted by atomic mass is 9.96. The molecule has 0 spiro atoms. The number of fused-ring (bicyclic) bond motifs is 1. The Labute approximate surface area is 134 Å². The SMILES string of the molecule is CNC(=O)C1CCN(c2nc3c(OC)ccc(C)c3s2)CC1. The van der Waals surface area contributed by atoms with E-state index in [1.54, 1.807) is 25.5 Å². The molecule has 1 aliphatic heterocycles. The highest BCUT2D eigenvalue weighted by atomic mass is 32.1. The summed E-state index contributed by atoms with van der Waals surface area (Å²) in [6.45, 7) is 3.85. The van der Waals surface area contributed by atoms with Crippen LogP contribution >= 0.6 is 11.3 Å². The Kier molecular flexibility index (Phi) is 4.20. The molecule has 1 aromatic carbocycles. The molecule has 1 N–H and O–H groups in total. The van der Waals surface area contributed by atoms with Crippen LogP contribution in [0.2, 0.25) is 0 Å². The fraction of sp³-hybridized carbons (Fsp3) is 0.500. The number of aryl methyl sites for hydroxylation is 1. The first kappa shape index (κ1) is 15.1. The Morgan fingerprint density at radius 2 is 2.14 bits per heavy atom. The van der Waals surface area contributed by atoms with Gasteiger partial charge in [-0.25, -0.2) is 4.98 Å². The predicted octanol–water partition coefficient (Wildman–Crippen LogP) is 2.58. The number of hydrogen-bond acceptors (Lipinski definition) is 5. The third kappa shape index (κ3) is 2.63. The van der Waals surface area contributed by atoms with Crippen molar-refractivity contribution in [2.24, 2.45) is 5.92 Å². The second-order valence-electron chi connectivity index (χ2n) is 5.63. The zero-order chi connectivity index (χ0) is 15.7. The van der Waals surface area contributed by atoms with Gasteiger partial charge < -0.3 is 15.0 Å². The third-order valence-corrected chi connectivity index (χ3v) is 5.55. The topological polar surface area (TPSA) is 54.5 Å². The Hall–Kier alpha value is -1.82. The molecule has 3 rings (SSSR count). The van der Waals surface area contributed by atoms with E-state index in [1.807, 2.05) is 6.07 Å². The summed E-state index contributed by atoms with van der Waals surface area (Å²) in [5, 5.41) is 3.77. The number of rotatable bonds is 3. The highest BCUT2D eigenvalue weighted by Crippen LogP contribution is 2.37. The summed E-state index contributed by atoms with van der Waals surface area (Å²) in [5.41, 5.74) is 2.16. The number of nitrogens with zero attached hydrogens (tertiary/aromatic N) is 2. The molecule has 118 valence electrons. The molecular weight excluding hydrogens is 298 g/mol. The summed E-state index contributed by atoms with van der Waals surface area (Å²) in [6.07, 6.45) is 1.76. The van der Waals surface area contributed by atoms with Crippen LogP contribution in [0.25, 0.3) is 10.2 Å². The van der Waals surface area contributed by atoms with Gasteiger partial charge >= 0.3 is 0 Å². The van der Waals surface area contributed by atoms with Crippen LogP contribution in [0.3, 0.4) is 0 Å². The van der Waals surface area contributed by atoms with Crippen molar-refractivity contribution < 1.29 is 9.53 Å². The van der Waals surface area contributed by atoms with Crippen molar-refractivity contribution in [1.82, 2.24) is 10.3 Å². The zero-order valence-corrected chi connectivity index (χ0v) is 14.0. The molecule has 0 unspecified atom stereocenters. The van der Waals surface area contributed by atoms with Gasteiger partial charge in [-0.3, -0.25) is 4.79 Å². The molecule has 0 radical (unpaired) electrons. The van der Waals surface area contributed by atoms with Crippen LogP contribution in [0.4, 0.5) is 5.13 Å². The Morgan fingerprint density at radius 1 is 1.41 bits per heavy atom. The number of nitrogens with one attached hydrogen (secondary N) is 1. The van der Waals surface area contributed by atoms with Gasteiger partial charge in [0.25, 0.3) is 0 Å². The number of benzene rings is 1. The number of thiazole rings is 1. The molecule has 1 fully saturated rings. The van der Waals surface area contributed by atoms with Gasteiger partial charge in [0.1, 0.15) is 11.3 Å². The summed E-state index contributed by atoms with van der Waals surface area (Å²) >= 11 is 1.71. The lowest BCUT2D eigenvalue weighted by Gasteiger charge is -2.30. The number of piperidine rings is 1. The summed E-state index contributed by atoms with van der Waals surface area (Å²) in [4.78, 5) is 18.8. The van der Waals surface area contributed by atoms with Crippen molar-refractivity contribution in [3.8, 4) is 5.75 Å². The molecule has 1 aliphatic rings. The van der Waals surface area contributed by atoms with Crippen LogP contribution in [0.1, 0.15) is 18.4 Å². The monoisotopic (exact) mass is 319 g/mol. The number of aromatic nitrogens is 1. The van der Waals surface area contributed by atoms with E-state index in [2.05, 4.69) is 23.2 Å². The highest BCUT2D eigenvalue weighted by molar-refractivity contribution is 7.22. The van der Waals surface area contributed by atoms with E-state index in [4.69, 9.17) is 9.72 Å². The van der Waals surface area contributed by atoms with Crippen molar-refractivity contribution >= 4 is 32.6 Å². The Balaban J connectivity index is 1.83. The lowest BCUT2D eigenvalue weighted by molar-refractivity contribution is -0.125. The molecule has 1 amide bonds. The first-order chi connectivity index (χ1) is 10.6. The number of amides is 1. The van der Waals surface area contributed by atoms with E-state index < -0.39 is 0 Å². The number of anilines is 1. The number of carbonyl (C=O) groups excluding carboxylic acids is 1. The van der Waals surface area contributed by atoms with Crippen molar-refractivity contribution in [2.45, 2.75) is 19.8 Å². The van der Waals surface area contributed by atoms with E-state index in [0.717, 1.165) is 42.3 Å². The second kappa shape index (κ2) is 6.12. The van der Waals surface area contributed by atoms with E-state index in [-0.39, 0.29) is 11.8 Å². The molecule has 2 heterocycles. The smallest absolute Gasteiger partial charge is 0.222 e. The molecular formula is C16H21N3O2S. The van der Waals surface area contributed by atoms with Crippen LogP contribution in [-0.2, 0) is 4.79 Å². The van der Waals surface area contributed by atoms with Crippen LogP contribution in [-0.4, -0.2) is 38.1 Å². The first-order valence-corrected chi connectivity index (χ1v) is 8.36. The van der Waals surface area contributed by atoms with Crippen LogP contribution in [0.5, 0.6) is 5.75 Å². The number of hydrogen-bond donors (Lipinski definition) is 1. The fourth-order valence-corrected chi connectivity index (χ4v) is 4.04. The summed E-state index contributed by atoms with van der Waals surface area (Å²) in [6, 6.07) is 4.04. The van der Waals surface area contributed by atoms with E-state index in [1.165, 1.54) is 10.3 Å². The summed E-state index contributed by atoms with van der Waals surface area (Å²) < 4.78 is 6.60. The molecule has 6 heteroatoms. The van der Waals surface area contributed by atoms with Gasteiger partial charge in [0.2, 0.25) is 5.91 Å². The number of carbonyl (C=O) groups is 1. The van der Waals surface area contributed by atoms with Gasteiger partial charge in [-0.1, -0.05) is 17.4 Å². The van der Waals surface area contributed by atoms with Crippen molar-refractivity contribution in [1.29, 1.82) is 0 Å². The second-order valence-corrected chi connectivity index (χ2v) is 6.61. The predicted molar refractivity (Wildman–Crippen MR) is 89.9 cm³/mol. The van der Waals surface area contributed by atoms with Crippen LogP contribution in [0.15, 0.2) is 12.1 Å². The van der Waals surface area contributed by atoms with Gasteiger partial charge in [-0.2, -0.15) is 0 Å². The standard InChI is InChI=1S/C16H21N3O2S/c1-10-4-5-12(21-3)13-14(10)22-16(18-13)19-8-6-11(7-9-19)15(20)17-2/h4-5,11H,6-9H2,1-3H3,(H,17,20). The average molecular weight is 319 g/mol. The zero-order valence-electron chi connectivity index (χ0n) is 13.2. The maximum absolute atomic E-state index is 11.7. The van der Waals surface area contributed by atoms with Gasteiger partial charge in [-0.05, 0) is 31.4 Å². The largest absolute Gasteiger partial charge is 0.494 e. The summed E-state index contributed by atoms with van der Waals surface area (Å²) in [5.74, 6) is 1.11. The minimum absolute atomic E-state index is 0.131. The first-order valence-electron chi connectivity index (χ1n) is 7.54. The van der Waals surface area contributed by atoms with Gasteiger partial charge in [0.15, 0.2) is 5.13 Å². The van der Waals surface area contributed by atoms with Crippen LogP contribution in [0, 0.1) is 12.8 Å². The molecule has 0 saturated carbocycles. The quantitative estimate of drug-likeness (QED) is 0.945. The third-order valence-electron chi connectivity index (χ3n) is 4.29. The van der Waals surface area contributed by atoms with E-state index in [0.29, 0.717) is 0 Å². The number of ether oxygens (including phenoxy) is 1. The van der Waals surface area contributed by atoms with E-state index >= 15 is 0 Å². The van der Waals surface area contributed by atoms with Crippen LogP contribution < -0.4 is 15.0 Å². The van der Waals surface area contributed by atoms with Gasteiger partial charge in [0.05, 0.1) is 11.8 Å². The minimum atomic E-state index is 0.131. The molecule has 0 atom stereocenters. The molecule has 0 aliphatic carbocycles. The van der Waals surface area contributed by atoms with E-state index in [9.17, 15) is 4.79 Å². The van der Waals surface area contributed by atoms with Crippen molar-refractivity contribution in [3.63, 3.8) is 0 Å².